The lowest BCUT2D eigenvalue weighted by Gasteiger charge is -2.23. The monoisotopic (exact) mass is 381 g/mol. The first-order chi connectivity index (χ1) is 13.6. The molecule has 3 aromatic rings. The van der Waals surface area contributed by atoms with Crippen molar-refractivity contribution >= 4 is 16.8 Å². The van der Waals surface area contributed by atoms with E-state index in [1.54, 1.807) is 50.4 Å². The van der Waals surface area contributed by atoms with Gasteiger partial charge in [-0.25, -0.2) is 4.79 Å². The summed E-state index contributed by atoms with van der Waals surface area (Å²) in [5.41, 5.74) is 0.219. The van der Waals surface area contributed by atoms with E-state index in [9.17, 15) is 14.4 Å². The van der Waals surface area contributed by atoms with Crippen LogP contribution in [0.2, 0.25) is 0 Å². The fourth-order valence-electron chi connectivity index (χ4n) is 3.28. The molecule has 1 N–H and O–H groups in total. The highest BCUT2D eigenvalue weighted by atomic mass is 16.5. The second-order valence-corrected chi connectivity index (χ2v) is 6.32. The molecule has 28 heavy (non-hydrogen) atoms. The highest BCUT2D eigenvalue weighted by Crippen LogP contribution is 2.21. The number of nitrogens with zero attached hydrogens (tertiary/aromatic N) is 2. The second-order valence-electron chi connectivity index (χ2n) is 6.32. The Hall–Kier alpha value is -3.19. The van der Waals surface area contributed by atoms with Crippen LogP contribution >= 0.6 is 0 Å². The Bertz CT molecular complexity index is 1090. The molecular weight excluding hydrogens is 358 g/mol. The van der Waals surface area contributed by atoms with Crippen LogP contribution in [0.1, 0.15) is 18.5 Å². The first-order valence-corrected chi connectivity index (χ1v) is 9.15. The normalized spacial score (nSPS) is 12.1. The van der Waals surface area contributed by atoms with E-state index in [0.29, 0.717) is 29.6 Å². The number of hydrogen-bond acceptors (Lipinski definition) is 4. The molecule has 0 saturated carbocycles. The zero-order valence-corrected chi connectivity index (χ0v) is 15.9. The van der Waals surface area contributed by atoms with Crippen LogP contribution in [0.25, 0.3) is 10.9 Å². The summed E-state index contributed by atoms with van der Waals surface area (Å²) in [5, 5.41) is 3.21. The molecule has 0 aliphatic heterocycles. The maximum absolute atomic E-state index is 13.2. The topological polar surface area (TPSA) is 82.3 Å². The molecule has 7 heteroatoms. The molecule has 7 nitrogen and oxygen atoms in total. The summed E-state index contributed by atoms with van der Waals surface area (Å²) in [6.07, 6.45) is 0. The summed E-state index contributed by atoms with van der Waals surface area (Å²) >= 11 is 0. The van der Waals surface area contributed by atoms with Crippen molar-refractivity contribution in [2.75, 3.05) is 20.3 Å². The number of hydrogen-bond donors (Lipinski definition) is 1. The molecule has 146 valence electrons. The number of benzene rings is 2. The van der Waals surface area contributed by atoms with E-state index < -0.39 is 11.7 Å². The van der Waals surface area contributed by atoms with Gasteiger partial charge in [0, 0.05) is 20.2 Å². The summed E-state index contributed by atoms with van der Waals surface area (Å²) in [7, 11) is 1.55. The third kappa shape index (κ3) is 3.61. The van der Waals surface area contributed by atoms with Gasteiger partial charge in [0.25, 0.3) is 5.56 Å². The van der Waals surface area contributed by atoms with Gasteiger partial charge in [-0.05, 0) is 24.6 Å². The van der Waals surface area contributed by atoms with Gasteiger partial charge >= 0.3 is 5.69 Å². The minimum Gasteiger partial charge on any atom is -0.383 e. The summed E-state index contributed by atoms with van der Waals surface area (Å²) in [6.45, 7) is 2.63. The molecule has 1 atom stereocenters. The fourth-order valence-corrected chi connectivity index (χ4v) is 3.28. The van der Waals surface area contributed by atoms with Gasteiger partial charge in [0.2, 0.25) is 5.91 Å². The van der Waals surface area contributed by atoms with Crippen LogP contribution in [0.15, 0.2) is 64.2 Å². The Balaban J connectivity index is 2.29. The van der Waals surface area contributed by atoms with Crippen molar-refractivity contribution in [1.82, 2.24) is 14.5 Å². The largest absolute Gasteiger partial charge is 0.383 e. The minimum atomic E-state index is -0.908. The van der Waals surface area contributed by atoms with E-state index in [2.05, 4.69) is 5.32 Å². The van der Waals surface area contributed by atoms with E-state index in [0.717, 1.165) is 4.57 Å². The Kier molecular flexibility index (Phi) is 6.06. The molecule has 0 unspecified atom stereocenters. The van der Waals surface area contributed by atoms with Gasteiger partial charge in [-0.15, -0.1) is 0 Å². The van der Waals surface area contributed by atoms with Gasteiger partial charge in [-0.1, -0.05) is 42.5 Å². The molecule has 1 amide bonds. The van der Waals surface area contributed by atoms with Crippen LogP contribution < -0.4 is 16.6 Å². The number of para-hydroxylation sites is 1. The van der Waals surface area contributed by atoms with Crippen molar-refractivity contribution in [3.63, 3.8) is 0 Å². The smallest absolute Gasteiger partial charge is 0.332 e. The summed E-state index contributed by atoms with van der Waals surface area (Å²) < 4.78 is 7.55. The number of ether oxygens (including phenoxy) is 1. The molecular formula is C21H23N3O4. The van der Waals surface area contributed by atoms with Crippen LogP contribution in [-0.2, 0) is 16.1 Å². The van der Waals surface area contributed by atoms with E-state index >= 15 is 0 Å². The number of amides is 1. The molecule has 0 radical (unpaired) electrons. The molecule has 0 spiro atoms. The van der Waals surface area contributed by atoms with E-state index in [4.69, 9.17) is 4.74 Å². The minimum absolute atomic E-state index is 0.218. The fraction of sp³-hybridized carbons (Fsp3) is 0.286. The lowest BCUT2D eigenvalue weighted by atomic mass is 10.0. The molecule has 0 saturated heterocycles. The maximum atomic E-state index is 13.2. The lowest BCUT2D eigenvalue weighted by molar-refractivity contribution is -0.123. The third-order valence-corrected chi connectivity index (χ3v) is 4.62. The van der Waals surface area contributed by atoms with Crippen LogP contribution in [0.3, 0.4) is 0 Å². The summed E-state index contributed by atoms with van der Waals surface area (Å²) in [4.78, 5) is 39.0. The predicted molar refractivity (Wildman–Crippen MR) is 108 cm³/mol. The molecule has 2 aromatic carbocycles. The number of carbonyl (C=O) groups excluding carboxylic acids is 1. The van der Waals surface area contributed by atoms with Crippen molar-refractivity contribution in [1.29, 1.82) is 0 Å². The maximum Gasteiger partial charge on any atom is 0.332 e. The average molecular weight is 381 g/mol. The van der Waals surface area contributed by atoms with Crippen LogP contribution in [0, 0.1) is 0 Å². The molecule has 0 aliphatic rings. The number of rotatable bonds is 7. The first kappa shape index (κ1) is 19.6. The SMILES string of the molecule is CCn1c(=O)c2ccccc2n([C@H](C(=O)NCCOC)c2ccccc2)c1=O. The molecule has 1 heterocycles. The predicted octanol–water partition coefficient (Wildman–Crippen LogP) is 1.54. The molecule has 0 fully saturated rings. The lowest BCUT2D eigenvalue weighted by Crippen LogP contribution is -2.45. The Morgan fingerprint density at radius 3 is 2.43 bits per heavy atom. The number of nitrogens with one attached hydrogen (secondary N) is 1. The van der Waals surface area contributed by atoms with Crippen molar-refractivity contribution in [2.45, 2.75) is 19.5 Å². The Morgan fingerprint density at radius 1 is 1.07 bits per heavy atom. The number of carbonyl (C=O) groups is 1. The van der Waals surface area contributed by atoms with Gasteiger partial charge in [-0.3, -0.25) is 18.7 Å². The van der Waals surface area contributed by atoms with Gasteiger partial charge in [0.15, 0.2) is 0 Å². The number of methoxy groups -OCH3 is 1. The van der Waals surface area contributed by atoms with Crippen LogP contribution in [0.5, 0.6) is 0 Å². The first-order valence-electron chi connectivity index (χ1n) is 9.15. The van der Waals surface area contributed by atoms with Gasteiger partial charge in [0.1, 0.15) is 6.04 Å². The molecule has 0 aliphatic carbocycles. The third-order valence-electron chi connectivity index (χ3n) is 4.62. The summed E-state index contributed by atoms with van der Waals surface area (Å²) in [5.74, 6) is -0.336. The van der Waals surface area contributed by atoms with Gasteiger partial charge in [0.05, 0.1) is 17.5 Å². The van der Waals surface area contributed by atoms with Crippen molar-refractivity contribution in [3.8, 4) is 0 Å². The van der Waals surface area contributed by atoms with Crippen LogP contribution in [0.4, 0.5) is 0 Å². The molecule has 1 aromatic heterocycles. The number of fused-ring (bicyclic) bond motifs is 1. The molecule has 3 rings (SSSR count). The summed E-state index contributed by atoms with van der Waals surface area (Å²) in [6, 6.07) is 15.0. The highest BCUT2D eigenvalue weighted by molar-refractivity contribution is 5.87. The van der Waals surface area contributed by atoms with Crippen molar-refractivity contribution in [3.05, 3.63) is 81.0 Å². The molecule has 0 bridgehead atoms. The van der Waals surface area contributed by atoms with E-state index in [1.165, 1.54) is 4.57 Å². The Labute approximate surface area is 162 Å². The average Bonchev–Trinajstić information content (AvgIpc) is 2.72. The van der Waals surface area contributed by atoms with Crippen molar-refractivity contribution in [2.24, 2.45) is 0 Å². The zero-order chi connectivity index (χ0) is 20.1. The standard InChI is InChI=1S/C21H23N3O4/c1-3-23-20(26)16-11-7-8-12-17(16)24(21(23)27)18(15-9-5-4-6-10-15)19(25)22-13-14-28-2/h4-12,18H,3,13-14H2,1-2H3,(H,22,25)/t18-/m0/s1. The van der Waals surface area contributed by atoms with E-state index in [1.807, 2.05) is 18.2 Å². The van der Waals surface area contributed by atoms with Gasteiger partial charge < -0.3 is 10.1 Å². The van der Waals surface area contributed by atoms with Gasteiger partial charge in [-0.2, -0.15) is 0 Å². The Morgan fingerprint density at radius 2 is 1.75 bits per heavy atom. The highest BCUT2D eigenvalue weighted by Gasteiger charge is 2.27. The quantitative estimate of drug-likeness (QED) is 0.630. The van der Waals surface area contributed by atoms with Crippen molar-refractivity contribution < 1.29 is 9.53 Å². The number of aromatic nitrogens is 2. The van der Waals surface area contributed by atoms with Crippen LogP contribution in [-0.4, -0.2) is 35.3 Å². The zero-order valence-electron chi connectivity index (χ0n) is 15.9. The van der Waals surface area contributed by atoms with E-state index in [-0.39, 0.29) is 18.0 Å². The second kappa shape index (κ2) is 8.67.